The monoisotopic (exact) mass is 836 g/mol. The van der Waals surface area contributed by atoms with E-state index in [9.17, 15) is 14.3 Å². The lowest BCUT2D eigenvalue weighted by molar-refractivity contribution is -0.154. The third kappa shape index (κ3) is 45.3. The predicted molar refractivity (Wildman–Crippen MR) is 247 cm³/mol. The van der Waals surface area contributed by atoms with E-state index in [2.05, 4.69) is 74.6 Å². The van der Waals surface area contributed by atoms with E-state index in [1.54, 1.807) is 0 Å². The van der Waals surface area contributed by atoms with E-state index in [0.717, 1.165) is 64.2 Å². The second-order valence-electron chi connectivity index (χ2n) is 15.6. The number of rotatable bonds is 45. The van der Waals surface area contributed by atoms with Crippen molar-refractivity contribution in [3.8, 4) is 0 Å². The Morgan fingerprint density at radius 1 is 0.534 bits per heavy atom. The molecule has 0 aliphatic rings. The number of allylic oxidation sites excluding steroid dienone is 10. The fourth-order valence-corrected chi connectivity index (χ4v) is 7.22. The molecule has 9 heteroatoms. The number of ether oxygens (including phenoxy) is 2. The lowest BCUT2D eigenvalue weighted by Crippen LogP contribution is -2.28. The molecule has 0 saturated heterocycles. The number of phosphoric ester groups is 1. The molecule has 0 rings (SSSR count). The Labute approximate surface area is 357 Å². The summed E-state index contributed by atoms with van der Waals surface area (Å²) in [5.74, 6) is -0.342. The van der Waals surface area contributed by atoms with Gasteiger partial charge in [0.05, 0.1) is 19.8 Å². The zero-order valence-corrected chi connectivity index (χ0v) is 38.4. The van der Waals surface area contributed by atoms with Gasteiger partial charge in [-0.2, -0.15) is 0 Å². The van der Waals surface area contributed by atoms with Crippen molar-refractivity contribution in [3.05, 3.63) is 60.8 Å². The van der Waals surface area contributed by atoms with Gasteiger partial charge in [-0.3, -0.25) is 13.8 Å². The molecule has 0 amide bonds. The maximum atomic E-state index is 12.6. The molecular formula is C49H90NO7P. The van der Waals surface area contributed by atoms with Crippen LogP contribution < -0.4 is 5.73 Å². The summed E-state index contributed by atoms with van der Waals surface area (Å²) in [4.78, 5) is 22.5. The maximum Gasteiger partial charge on any atom is 0.472 e. The van der Waals surface area contributed by atoms with Crippen LogP contribution >= 0.6 is 7.82 Å². The van der Waals surface area contributed by atoms with E-state index in [0.29, 0.717) is 13.0 Å². The van der Waals surface area contributed by atoms with Crippen LogP contribution in [0.3, 0.4) is 0 Å². The van der Waals surface area contributed by atoms with Gasteiger partial charge in [-0.15, -0.1) is 0 Å². The van der Waals surface area contributed by atoms with Gasteiger partial charge in [0.25, 0.3) is 0 Å². The quantitative estimate of drug-likeness (QED) is 0.0269. The molecular weight excluding hydrogens is 746 g/mol. The maximum absolute atomic E-state index is 12.6. The molecule has 2 unspecified atom stereocenters. The van der Waals surface area contributed by atoms with Crippen LogP contribution in [0.25, 0.3) is 0 Å². The van der Waals surface area contributed by atoms with Gasteiger partial charge in [-0.25, -0.2) is 4.57 Å². The van der Waals surface area contributed by atoms with Crippen molar-refractivity contribution in [1.82, 2.24) is 0 Å². The molecule has 0 aliphatic heterocycles. The SMILES string of the molecule is CC/C=C\C/C=C\C/C=C\CCCCCCCCCC(=O)OC(COCCCCCCCCCCCC/C=C\C/C=C\CCCCCCC)COP(=O)(O)OCCN. The van der Waals surface area contributed by atoms with Gasteiger partial charge in [0.15, 0.2) is 0 Å². The summed E-state index contributed by atoms with van der Waals surface area (Å²) in [5.41, 5.74) is 5.38. The van der Waals surface area contributed by atoms with E-state index < -0.39 is 13.9 Å². The average Bonchev–Trinajstić information content (AvgIpc) is 3.21. The molecule has 0 saturated carbocycles. The number of phosphoric acid groups is 1. The standard InChI is InChI=1S/C49H90NO7P/c1-3-5-7-9-11-13-15-17-19-21-22-23-24-25-27-29-31-33-35-37-39-41-44-54-46-48(47-56-58(52,53)55-45-43-50)57-49(51)42-40-38-36-34-32-30-28-26-20-18-16-14-12-10-8-6-4-2/h6,8,12,14-15,17-18,20-22,48H,3-5,7,9-11,13,16,19,23-47,50H2,1-2H3,(H,52,53)/b8-6-,14-12-,17-15-,20-18-,22-21-. The smallest absolute Gasteiger partial charge is 0.457 e. The Morgan fingerprint density at radius 3 is 1.45 bits per heavy atom. The molecule has 0 fully saturated rings. The number of carbonyl (C=O) groups excluding carboxylic acids is 1. The number of esters is 1. The van der Waals surface area contributed by atoms with E-state index >= 15 is 0 Å². The molecule has 0 heterocycles. The summed E-state index contributed by atoms with van der Waals surface area (Å²) in [7, 11) is -4.29. The second-order valence-corrected chi connectivity index (χ2v) is 17.0. The molecule has 58 heavy (non-hydrogen) atoms. The summed E-state index contributed by atoms with van der Waals surface area (Å²) in [5, 5.41) is 0. The van der Waals surface area contributed by atoms with Gasteiger partial charge in [-0.05, 0) is 77.0 Å². The van der Waals surface area contributed by atoms with Gasteiger partial charge in [0.2, 0.25) is 0 Å². The van der Waals surface area contributed by atoms with Crippen molar-refractivity contribution in [2.75, 3.05) is 33.0 Å². The van der Waals surface area contributed by atoms with Crippen LogP contribution in [0.5, 0.6) is 0 Å². The van der Waals surface area contributed by atoms with E-state index in [4.69, 9.17) is 24.3 Å². The van der Waals surface area contributed by atoms with Crippen LogP contribution in [0.15, 0.2) is 60.8 Å². The van der Waals surface area contributed by atoms with Gasteiger partial charge < -0.3 is 20.1 Å². The summed E-state index contributed by atoms with van der Waals surface area (Å²) < 4.78 is 33.5. The van der Waals surface area contributed by atoms with Crippen molar-refractivity contribution >= 4 is 13.8 Å². The van der Waals surface area contributed by atoms with E-state index in [1.807, 2.05) is 0 Å². The number of nitrogens with two attached hydrogens (primary N) is 1. The highest BCUT2D eigenvalue weighted by Crippen LogP contribution is 2.43. The van der Waals surface area contributed by atoms with Crippen molar-refractivity contribution in [2.24, 2.45) is 5.73 Å². The van der Waals surface area contributed by atoms with Gasteiger partial charge in [0, 0.05) is 19.6 Å². The first-order valence-corrected chi connectivity index (χ1v) is 25.3. The average molecular weight is 836 g/mol. The molecule has 3 N–H and O–H groups in total. The first-order valence-electron chi connectivity index (χ1n) is 23.8. The normalized spacial score (nSPS) is 13.9. The van der Waals surface area contributed by atoms with Crippen molar-refractivity contribution in [1.29, 1.82) is 0 Å². The largest absolute Gasteiger partial charge is 0.472 e. The summed E-state index contributed by atoms with van der Waals surface area (Å²) >= 11 is 0. The number of hydrogen-bond donors (Lipinski definition) is 2. The second kappa shape index (κ2) is 46.3. The minimum atomic E-state index is -4.29. The van der Waals surface area contributed by atoms with Gasteiger partial charge in [-0.1, -0.05) is 184 Å². The molecule has 0 aromatic heterocycles. The summed E-state index contributed by atoms with van der Waals surface area (Å²) in [6.45, 7) is 4.79. The Bertz CT molecular complexity index is 1070. The van der Waals surface area contributed by atoms with Crippen LogP contribution in [0.1, 0.15) is 206 Å². The molecule has 338 valence electrons. The Hall–Kier alpha value is -1.80. The number of hydrogen-bond acceptors (Lipinski definition) is 7. The van der Waals surface area contributed by atoms with Crippen molar-refractivity contribution in [3.63, 3.8) is 0 Å². The molecule has 0 spiro atoms. The topological polar surface area (TPSA) is 117 Å². The summed E-state index contributed by atoms with van der Waals surface area (Å²) in [6.07, 6.45) is 56.7. The molecule has 2 atom stereocenters. The number of unbranched alkanes of at least 4 members (excludes halogenated alkanes) is 22. The van der Waals surface area contributed by atoms with Gasteiger partial charge in [0.1, 0.15) is 6.10 Å². The molecule has 0 aromatic rings. The van der Waals surface area contributed by atoms with Crippen LogP contribution in [0, 0.1) is 0 Å². The van der Waals surface area contributed by atoms with Crippen molar-refractivity contribution < 1.29 is 32.8 Å². The first-order chi connectivity index (χ1) is 28.4. The Kier molecular flexibility index (Phi) is 44.8. The van der Waals surface area contributed by atoms with Crippen LogP contribution in [0.2, 0.25) is 0 Å². The number of carbonyl (C=O) groups is 1. The zero-order valence-electron chi connectivity index (χ0n) is 37.5. The highest BCUT2D eigenvalue weighted by molar-refractivity contribution is 7.47. The van der Waals surface area contributed by atoms with Crippen LogP contribution in [-0.2, 0) is 27.9 Å². The Morgan fingerprint density at radius 2 is 0.966 bits per heavy atom. The lowest BCUT2D eigenvalue weighted by atomic mass is 10.1. The highest BCUT2D eigenvalue weighted by atomic mass is 31.2. The van der Waals surface area contributed by atoms with E-state index in [-0.39, 0.29) is 32.3 Å². The zero-order chi connectivity index (χ0) is 42.3. The predicted octanol–water partition coefficient (Wildman–Crippen LogP) is 14.5. The molecule has 0 aromatic carbocycles. The first kappa shape index (κ1) is 56.2. The highest BCUT2D eigenvalue weighted by Gasteiger charge is 2.25. The molecule has 0 radical (unpaired) electrons. The lowest BCUT2D eigenvalue weighted by Gasteiger charge is -2.20. The van der Waals surface area contributed by atoms with Crippen LogP contribution in [-0.4, -0.2) is 49.9 Å². The third-order valence-electron chi connectivity index (χ3n) is 9.92. The fourth-order valence-electron chi connectivity index (χ4n) is 6.45. The van der Waals surface area contributed by atoms with Crippen molar-refractivity contribution in [2.45, 2.75) is 213 Å². The molecule has 8 nitrogen and oxygen atoms in total. The van der Waals surface area contributed by atoms with E-state index in [1.165, 1.54) is 122 Å². The minimum absolute atomic E-state index is 0.0958. The van der Waals surface area contributed by atoms with Gasteiger partial charge >= 0.3 is 13.8 Å². The summed E-state index contributed by atoms with van der Waals surface area (Å²) in [6, 6.07) is 0. The third-order valence-corrected chi connectivity index (χ3v) is 10.9. The Balaban J connectivity index is 3.99. The molecule has 0 aliphatic carbocycles. The van der Waals surface area contributed by atoms with Crippen LogP contribution in [0.4, 0.5) is 0 Å². The fraction of sp³-hybridized carbons (Fsp3) is 0.776. The minimum Gasteiger partial charge on any atom is -0.457 e. The molecule has 0 bridgehead atoms.